The number of aryl methyl sites for hydroxylation is 2. The van der Waals surface area contributed by atoms with E-state index in [1.54, 1.807) is 0 Å². The lowest BCUT2D eigenvalue weighted by molar-refractivity contribution is 0.187. The van der Waals surface area contributed by atoms with Crippen molar-refractivity contribution in [3.05, 3.63) is 70.8 Å². The van der Waals surface area contributed by atoms with Crippen molar-refractivity contribution in [3.63, 3.8) is 0 Å². The molecule has 0 radical (unpaired) electrons. The van der Waals surface area contributed by atoms with Gasteiger partial charge in [0.25, 0.3) is 0 Å². The summed E-state index contributed by atoms with van der Waals surface area (Å²) in [5.41, 5.74) is 6.12. The number of benzene rings is 2. The van der Waals surface area contributed by atoms with Gasteiger partial charge in [-0.15, -0.1) is 0 Å². The summed E-state index contributed by atoms with van der Waals surface area (Å²) in [5.74, 6) is 0.521. The van der Waals surface area contributed by atoms with E-state index in [1.165, 1.54) is 54.4 Å². The summed E-state index contributed by atoms with van der Waals surface area (Å²) in [5, 5.41) is 0. The second-order valence-electron chi connectivity index (χ2n) is 7.48. The summed E-state index contributed by atoms with van der Waals surface area (Å²) in [7, 11) is 0. The zero-order valence-corrected chi connectivity index (χ0v) is 14.2. The first-order valence-electron chi connectivity index (χ1n) is 8.72. The number of rotatable bonds is 3. The fraction of sp³-hybridized carbons (Fsp3) is 0.455. The summed E-state index contributed by atoms with van der Waals surface area (Å²) in [6, 6.07) is 18.3. The summed E-state index contributed by atoms with van der Waals surface area (Å²) in [4.78, 5) is 0. The third kappa shape index (κ3) is 3.11. The topological polar surface area (TPSA) is 0 Å². The van der Waals surface area contributed by atoms with Gasteiger partial charge in [0.2, 0.25) is 0 Å². The summed E-state index contributed by atoms with van der Waals surface area (Å²) < 4.78 is 0. The summed E-state index contributed by atoms with van der Waals surface area (Å²) >= 11 is 0. The van der Waals surface area contributed by atoms with Gasteiger partial charge in [-0.2, -0.15) is 0 Å². The fourth-order valence-electron chi connectivity index (χ4n) is 4.34. The Morgan fingerprint density at radius 2 is 1.27 bits per heavy atom. The maximum absolute atomic E-state index is 2.52. The van der Waals surface area contributed by atoms with Crippen LogP contribution in [0.5, 0.6) is 0 Å². The molecule has 116 valence electrons. The molecule has 1 fully saturated rings. The van der Waals surface area contributed by atoms with Crippen LogP contribution >= 0.6 is 0 Å². The van der Waals surface area contributed by atoms with Crippen LogP contribution in [0, 0.1) is 19.3 Å². The predicted octanol–water partition coefficient (Wildman–Crippen LogP) is 6.41. The SMILES string of the molecule is Cc1cccc(C(c2cccc(C)c2)C2(C)CCCCC2)c1. The van der Waals surface area contributed by atoms with E-state index in [4.69, 9.17) is 0 Å². The molecule has 0 aromatic heterocycles. The van der Waals surface area contributed by atoms with Gasteiger partial charge in [-0.05, 0) is 43.2 Å². The quantitative estimate of drug-likeness (QED) is 0.613. The molecular weight excluding hydrogens is 264 g/mol. The van der Waals surface area contributed by atoms with Crippen molar-refractivity contribution < 1.29 is 0 Å². The Morgan fingerprint density at radius 3 is 1.73 bits per heavy atom. The maximum Gasteiger partial charge on any atom is 0.0143 e. The van der Waals surface area contributed by atoms with Crippen LogP contribution in [-0.2, 0) is 0 Å². The highest BCUT2D eigenvalue weighted by Crippen LogP contribution is 2.50. The minimum absolute atomic E-state index is 0.389. The van der Waals surface area contributed by atoms with Crippen molar-refractivity contribution in [1.29, 1.82) is 0 Å². The highest BCUT2D eigenvalue weighted by atomic mass is 14.4. The average molecular weight is 292 g/mol. The van der Waals surface area contributed by atoms with Crippen LogP contribution in [0.2, 0.25) is 0 Å². The van der Waals surface area contributed by atoms with Gasteiger partial charge in [-0.25, -0.2) is 0 Å². The van der Waals surface area contributed by atoms with E-state index in [0.29, 0.717) is 11.3 Å². The fourth-order valence-corrected chi connectivity index (χ4v) is 4.34. The molecule has 0 saturated heterocycles. The van der Waals surface area contributed by atoms with Gasteiger partial charge in [0.15, 0.2) is 0 Å². The van der Waals surface area contributed by atoms with E-state index in [9.17, 15) is 0 Å². The second-order valence-corrected chi connectivity index (χ2v) is 7.48. The van der Waals surface area contributed by atoms with E-state index < -0.39 is 0 Å². The normalized spacial score (nSPS) is 17.6. The van der Waals surface area contributed by atoms with E-state index >= 15 is 0 Å². The lowest BCUT2D eigenvalue weighted by atomic mass is 9.63. The smallest absolute Gasteiger partial charge is 0.0143 e. The van der Waals surface area contributed by atoms with Crippen molar-refractivity contribution in [2.45, 2.75) is 58.8 Å². The first-order valence-corrected chi connectivity index (χ1v) is 8.72. The lowest BCUT2D eigenvalue weighted by Crippen LogP contribution is -2.29. The molecule has 3 rings (SSSR count). The molecule has 0 nitrogen and oxygen atoms in total. The molecule has 0 heterocycles. The van der Waals surface area contributed by atoms with Crippen LogP contribution in [0.15, 0.2) is 48.5 Å². The monoisotopic (exact) mass is 292 g/mol. The number of hydrogen-bond acceptors (Lipinski definition) is 0. The Labute approximate surface area is 135 Å². The molecule has 0 bridgehead atoms. The minimum Gasteiger partial charge on any atom is -0.0617 e. The molecule has 0 spiro atoms. The second kappa shape index (κ2) is 6.28. The van der Waals surface area contributed by atoms with E-state index in [2.05, 4.69) is 69.3 Å². The van der Waals surface area contributed by atoms with Crippen LogP contribution in [0.1, 0.15) is 67.2 Å². The van der Waals surface area contributed by atoms with E-state index in [1.807, 2.05) is 0 Å². The van der Waals surface area contributed by atoms with Crippen molar-refractivity contribution in [3.8, 4) is 0 Å². The van der Waals surface area contributed by atoms with Crippen LogP contribution in [0.3, 0.4) is 0 Å². The van der Waals surface area contributed by atoms with Crippen molar-refractivity contribution in [1.82, 2.24) is 0 Å². The Balaban J connectivity index is 2.09. The van der Waals surface area contributed by atoms with Gasteiger partial charge in [0.1, 0.15) is 0 Å². The lowest BCUT2D eigenvalue weighted by Gasteiger charge is -2.42. The van der Waals surface area contributed by atoms with Crippen LogP contribution in [-0.4, -0.2) is 0 Å². The van der Waals surface area contributed by atoms with Gasteiger partial charge < -0.3 is 0 Å². The molecule has 1 saturated carbocycles. The van der Waals surface area contributed by atoms with Gasteiger partial charge in [-0.1, -0.05) is 85.8 Å². The standard InChI is InChI=1S/C22H28/c1-17-9-7-11-19(15-17)21(20-12-8-10-18(2)16-20)22(3)13-5-4-6-14-22/h7-12,15-16,21H,4-6,13-14H2,1-3H3. The largest absolute Gasteiger partial charge is 0.0617 e. The number of hydrogen-bond donors (Lipinski definition) is 0. The third-order valence-corrected chi connectivity index (χ3v) is 5.44. The highest BCUT2D eigenvalue weighted by molar-refractivity contribution is 5.38. The van der Waals surface area contributed by atoms with Crippen molar-refractivity contribution in [2.24, 2.45) is 5.41 Å². The van der Waals surface area contributed by atoms with Crippen LogP contribution < -0.4 is 0 Å². The van der Waals surface area contributed by atoms with Crippen LogP contribution in [0.25, 0.3) is 0 Å². The molecule has 0 atom stereocenters. The Hall–Kier alpha value is -1.56. The summed E-state index contributed by atoms with van der Waals surface area (Å²) in [6.45, 7) is 6.93. The Morgan fingerprint density at radius 1 is 0.773 bits per heavy atom. The molecule has 0 N–H and O–H groups in total. The minimum atomic E-state index is 0.389. The van der Waals surface area contributed by atoms with Crippen molar-refractivity contribution >= 4 is 0 Å². The van der Waals surface area contributed by atoms with E-state index in [-0.39, 0.29) is 0 Å². The maximum atomic E-state index is 2.52. The van der Waals surface area contributed by atoms with Gasteiger partial charge in [0.05, 0.1) is 0 Å². The van der Waals surface area contributed by atoms with Gasteiger partial charge >= 0.3 is 0 Å². The Bertz CT molecular complexity index is 586. The molecule has 0 aliphatic heterocycles. The molecule has 1 aliphatic rings. The molecule has 1 aliphatic carbocycles. The van der Waals surface area contributed by atoms with Crippen molar-refractivity contribution in [2.75, 3.05) is 0 Å². The highest BCUT2D eigenvalue weighted by Gasteiger charge is 2.37. The summed E-state index contributed by atoms with van der Waals surface area (Å²) in [6.07, 6.45) is 6.86. The third-order valence-electron chi connectivity index (χ3n) is 5.44. The average Bonchev–Trinajstić information content (AvgIpc) is 2.48. The molecule has 2 aromatic carbocycles. The molecule has 0 heteroatoms. The van der Waals surface area contributed by atoms with E-state index in [0.717, 1.165) is 0 Å². The molecular formula is C22H28. The van der Waals surface area contributed by atoms with Gasteiger partial charge in [-0.3, -0.25) is 0 Å². The molecule has 22 heavy (non-hydrogen) atoms. The Kier molecular flexibility index (Phi) is 4.38. The van der Waals surface area contributed by atoms with Crippen LogP contribution in [0.4, 0.5) is 0 Å². The predicted molar refractivity (Wildman–Crippen MR) is 95.4 cm³/mol. The molecule has 0 amide bonds. The first-order chi connectivity index (χ1) is 10.6. The molecule has 2 aromatic rings. The van der Waals surface area contributed by atoms with Gasteiger partial charge in [0, 0.05) is 5.92 Å². The zero-order chi connectivity index (χ0) is 15.6. The first kappa shape index (κ1) is 15.3. The molecule has 0 unspecified atom stereocenters. The zero-order valence-electron chi connectivity index (χ0n) is 14.2.